The molecule has 2 unspecified atom stereocenters. The van der Waals surface area contributed by atoms with Gasteiger partial charge in [0.25, 0.3) is 0 Å². The Hall–Kier alpha value is -0.870. The van der Waals surface area contributed by atoms with Crippen molar-refractivity contribution in [1.29, 1.82) is 0 Å². The summed E-state index contributed by atoms with van der Waals surface area (Å²) in [6.07, 6.45) is 0.177. The van der Waals surface area contributed by atoms with Crippen molar-refractivity contribution in [1.82, 2.24) is 4.98 Å². The van der Waals surface area contributed by atoms with Crippen LogP contribution >= 0.6 is 11.6 Å². The summed E-state index contributed by atoms with van der Waals surface area (Å²) >= 11 is 5.77. The summed E-state index contributed by atoms with van der Waals surface area (Å²) in [4.78, 5) is 3.84. The highest BCUT2D eigenvalue weighted by molar-refractivity contribution is 6.30. The van der Waals surface area contributed by atoms with Crippen molar-refractivity contribution in [3.05, 3.63) is 22.8 Å². The highest BCUT2D eigenvalue weighted by Crippen LogP contribution is 2.34. The summed E-state index contributed by atoms with van der Waals surface area (Å²) in [6, 6.07) is 1.51. The van der Waals surface area contributed by atoms with Gasteiger partial charge < -0.3 is 11.5 Å². The minimum absolute atomic E-state index is 0.137. The van der Waals surface area contributed by atoms with E-state index in [2.05, 4.69) is 4.98 Å². The van der Waals surface area contributed by atoms with E-state index in [0.717, 1.165) is 0 Å². The number of halogens is 2. The largest absolute Gasteiger partial charge is 0.383 e. The average molecular weight is 246 g/mol. The van der Waals surface area contributed by atoms with Gasteiger partial charge in [-0.05, 0) is 18.5 Å². The van der Waals surface area contributed by atoms with Crippen LogP contribution in [0.5, 0.6) is 0 Å². The van der Waals surface area contributed by atoms with Gasteiger partial charge in [-0.15, -0.1) is 0 Å². The van der Waals surface area contributed by atoms with Crippen LogP contribution < -0.4 is 11.5 Å². The number of anilines is 1. The molecule has 0 saturated carbocycles. The second-order valence-electron chi connectivity index (χ2n) is 4.17. The lowest BCUT2D eigenvalue weighted by Crippen LogP contribution is -2.25. The smallest absolute Gasteiger partial charge is 0.133 e. The first-order valence-electron chi connectivity index (χ1n) is 5.22. The molecule has 0 spiro atoms. The normalized spacial score (nSPS) is 15.1. The molecule has 5 heteroatoms. The zero-order chi connectivity index (χ0) is 12.3. The van der Waals surface area contributed by atoms with Gasteiger partial charge in [-0.25, -0.2) is 9.37 Å². The zero-order valence-corrected chi connectivity index (χ0v) is 10.2. The Bertz CT molecular complexity index is 357. The van der Waals surface area contributed by atoms with Crippen LogP contribution in [-0.4, -0.2) is 11.5 Å². The molecular formula is C11H17ClFN3. The molecule has 16 heavy (non-hydrogen) atoms. The maximum Gasteiger partial charge on any atom is 0.133 e. The van der Waals surface area contributed by atoms with E-state index in [1.165, 1.54) is 12.3 Å². The highest BCUT2D eigenvalue weighted by Gasteiger charge is 2.26. The van der Waals surface area contributed by atoms with E-state index in [4.69, 9.17) is 23.1 Å². The molecule has 2 atom stereocenters. The van der Waals surface area contributed by atoms with Crippen LogP contribution in [-0.2, 0) is 0 Å². The molecule has 0 bridgehead atoms. The molecule has 4 N–H and O–H groups in total. The van der Waals surface area contributed by atoms with Crippen LogP contribution in [0.4, 0.5) is 10.2 Å². The molecule has 0 aliphatic rings. The summed E-state index contributed by atoms with van der Waals surface area (Å²) in [5, 5.41) is 0.381. The summed E-state index contributed by atoms with van der Waals surface area (Å²) in [6.45, 7) is 4.13. The van der Waals surface area contributed by atoms with E-state index in [-0.39, 0.29) is 24.2 Å². The zero-order valence-electron chi connectivity index (χ0n) is 9.45. The SMILES string of the molecule is CC(C)C(CN)C(F)c1cc(Cl)cnc1N. The van der Waals surface area contributed by atoms with Crippen LogP contribution in [0.2, 0.25) is 5.02 Å². The van der Waals surface area contributed by atoms with Gasteiger partial charge in [-0.1, -0.05) is 25.4 Å². The van der Waals surface area contributed by atoms with Crippen molar-refractivity contribution in [2.75, 3.05) is 12.3 Å². The predicted molar refractivity (Wildman–Crippen MR) is 64.9 cm³/mol. The summed E-state index contributed by atoms with van der Waals surface area (Å²) in [5.41, 5.74) is 11.5. The third-order valence-corrected chi connectivity index (χ3v) is 2.92. The lowest BCUT2D eigenvalue weighted by atomic mass is 9.88. The second kappa shape index (κ2) is 5.46. The number of hydrogen-bond acceptors (Lipinski definition) is 3. The third kappa shape index (κ3) is 2.83. The average Bonchev–Trinajstić information content (AvgIpc) is 2.22. The Balaban J connectivity index is 3.02. The number of pyridine rings is 1. The molecule has 0 amide bonds. The number of nitrogen functional groups attached to an aromatic ring is 1. The first-order valence-corrected chi connectivity index (χ1v) is 5.60. The fourth-order valence-corrected chi connectivity index (χ4v) is 1.81. The molecule has 0 saturated heterocycles. The van der Waals surface area contributed by atoms with E-state index < -0.39 is 6.17 Å². The van der Waals surface area contributed by atoms with Crippen molar-refractivity contribution in [2.24, 2.45) is 17.6 Å². The van der Waals surface area contributed by atoms with Crippen molar-refractivity contribution >= 4 is 17.4 Å². The molecule has 0 fully saturated rings. The number of alkyl halides is 1. The molecule has 0 aliphatic carbocycles. The quantitative estimate of drug-likeness (QED) is 0.857. The molecule has 0 radical (unpaired) electrons. The summed E-state index contributed by atoms with van der Waals surface area (Å²) < 4.78 is 14.2. The molecule has 1 rings (SSSR count). The molecule has 0 aliphatic heterocycles. The number of aromatic nitrogens is 1. The Morgan fingerprint density at radius 3 is 2.62 bits per heavy atom. The van der Waals surface area contributed by atoms with Gasteiger partial charge in [-0.2, -0.15) is 0 Å². The van der Waals surface area contributed by atoms with Gasteiger partial charge in [0.2, 0.25) is 0 Å². The van der Waals surface area contributed by atoms with Crippen molar-refractivity contribution in [2.45, 2.75) is 20.0 Å². The lowest BCUT2D eigenvalue weighted by Gasteiger charge is -2.23. The van der Waals surface area contributed by atoms with Crippen LogP contribution in [0.3, 0.4) is 0 Å². The van der Waals surface area contributed by atoms with Crippen LogP contribution in [0.25, 0.3) is 0 Å². The monoisotopic (exact) mass is 245 g/mol. The van der Waals surface area contributed by atoms with Crippen LogP contribution in [0.1, 0.15) is 25.6 Å². The molecule has 0 aromatic carbocycles. The summed E-state index contributed by atoms with van der Waals surface area (Å²) in [5.74, 6) is 0.0388. The molecule has 1 heterocycles. The Morgan fingerprint density at radius 1 is 1.50 bits per heavy atom. The van der Waals surface area contributed by atoms with Crippen molar-refractivity contribution in [3.8, 4) is 0 Å². The van der Waals surface area contributed by atoms with Crippen LogP contribution in [0, 0.1) is 11.8 Å². The highest BCUT2D eigenvalue weighted by atomic mass is 35.5. The first-order chi connectivity index (χ1) is 7.47. The van der Waals surface area contributed by atoms with Crippen molar-refractivity contribution < 1.29 is 4.39 Å². The maximum atomic E-state index is 14.2. The fourth-order valence-electron chi connectivity index (χ4n) is 1.65. The third-order valence-electron chi connectivity index (χ3n) is 2.72. The van der Waals surface area contributed by atoms with Gasteiger partial charge in [0, 0.05) is 17.7 Å². The molecule has 90 valence electrons. The fraction of sp³-hybridized carbons (Fsp3) is 0.545. The van der Waals surface area contributed by atoms with E-state index >= 15 is 0 Å². The molecular weight excluding hydrogens is 229 g/mol. The number of nitrogens with zero attached hydrogens (tertiary/aromatic N) is 1. The minimum atomic E-state index is -1.23. The number of nitrogens with two attached hydrogens (primary N) is 2. The molecule has 1 aromatic heterocycles. The van der Waals surface area contributed by atoms with Gasteiger partial charge in [0.1, 0.15) is 12.0 Å². The van der Waals surface area contributed by atoms with Gasteiger partial charge in [0.15, 0.2) is 0 Å². The van der Waals surface area contributed by atoms with E-state index in [9.17, 15) is 4.39 Å². The van der Waals surface area contributed by atoms with Gasteiger partial charge in [-0.3, -0.25) is 0 Å². The Labute approximate surface area is 100.0 Å². The van der Waals surface area contributed by atoms with Crippen LogP contribution in [0.15, 0.2) is 12.3 Å². The molecule has 3 nitrogen and oxygen atoms in total. The summed E-state index contributed by atoms with van der Waals surface area (Å²) in [7, 11) is 0. The standard InChI is InChI=1S/C11H17ClFN3/c1-6(2)9(4-14)10(13)8-3-7(12)5-16-11(8)15/h3,5-6,9-10H,4,14H2,1-2H3,(H2,15,16). The topological polar surface area (TPSA) is 64.9 Å². The maximum absolute atomic E-state index is 14.2. The van der Waals surface area contributed by atoms with E-state index in [1.54, 1.807) is 0 Å². The van der Waals surface area contributed by atoms with E-state index in [1.807, 2.05) is 13.8 Å². The number of hydrogen-bond donors (Lipinski definition) is 2. The lowest BCUT2D eigenvalue weighted by molar-refractivity contribution is 0.189. The molecule has 1 aromatic rings. The van der Waals surface area contributed by atoms with Gasteiger partial charge in [0.05, 0.1) is 5.02 Å². The van der Waals surface area contributed by atoms with E-state index in [0.29, 0.717) is 10.6 Å². The van der Waals surface area contributed by atoms with Crippen molar-refractivity contribution in [3.63, 3.8) is 0 Å². The first kappa shape index (κ1) is 13.2. The number of rotatable bonds is 4. The Kier molecular flexibility index (Phi) is 4.50. The predicted octanol–water partition coefficient (Wildman–Crippen LogP) is 2.56. The van der Waals surface area contributed by atoms with Gasteiger partial charge >= 0.3 is 0 Å². The minimum Gasteiger partial charge on any atom is -0.383 e. The second-order valence-corrected chi connectivity index (χ2v) is 4.61. The Morgan fingerprint density at radius 2 is 2.12 bits per heavy atom.